The van der Waals surface area contributed by atoms with Crippen LogP contribution in [0.25, 0.3) is 0 Å². The first kappa shape index (κ1) is 18.7. The lowest BCUT2D eigenvalue weighted by atomic mass is 10.1. The Hall–Kier alpha value is -1.30. The smallest absolute Gasteiger partial charge is 0.410 e. The summed E-state index contributed by atoms with van der Waals surface area (Å²) >= 11 is 0. The fourth-order valence-corrected chi connectivity index (χ4v) is 2.42. The molecule has 2 amide bonds. The van der Waals surface area contributed by atoms with Crippen molar-refractivity contribution in [1.29, 1.82) is 0 Å². The highest BCUT2D eigenvalue weighted by molar-refractivity contribution is 5.77. The summed E-state index contributed by atoms with van der Waals surface area (Å²) in [5, 5.41) is 0. The molecule has 0 aromatic heterocycles. The predicted molar refractivity (Wildman–Crippen MR) is 84.7 cm³/mol. The highest BCUT2D eigenvalue weighted by atomic mass is 16.6. The van der Waals surface area contributed by atoms with Crippen molar-refractivity contribution in [3.05, 3.63) is 0 Å². The molecule has 6 heteroatoms. The lowest BCUT2D eigenvalue weighted by Gasteiger charge is -2.34. The lowest BCUT2D eigenvalue weighted by molar-refractivity contribution is -0.138. The summed E-state index contributed by atoms with van der Waals surface area (Å²) in [6, 6.07) is 0. The molecule has 0 aromatic carbocycles. The van der Waals surface area contributed by atoms with Crippen molar-refractivity contribution in [1.82, 2.24) is 9.80 Å². The maximum Gasteiger partial charge on any atom is 0.410 e. The molecule has 1 aliphatic heterocycles. The van der Waals surface area contributed by atoms with Crippen LogP contribution in [0.3, 0.4) is 0 Å². The number of likely N-dealkylation sites (N-methyl/N-ethyl adjacent to an activating group) is 1. The van der Waals surface area contributed by atoms with Crippen molar-refractivity contribution in [2.24, 2.45) is 0 Å². The van der Waals surface area contributed by atoms with Crippen LogP contribution in [0.5, 0.6) is 0 Å². The molecule has 0 unspecified atom stereocenters. The van der Waals surface area contributed by atoms with Gasteiger partial charge < -0.3 is 19.3 Å². The van der Waals surface area contributed by atoms with Crippen molar-refractivity contribution in [2.45, 2.75) is 59.2 Å². The van der Waals surface area contributed by atoms with E-state index in [9.17, 15) is 9.59 Å². The van der Waals surface area contributed by atoms with Gasteiger partial charge in [-0.1, -0.05) is 0 Å². The fourth-order valence-electron chi connectivity index (χ4n) is 2.42. The molecule has 0 saturated carbocycles. The highest BCUT2D eigenvalue weighted by Gasteiger charge is 2.28. The monoisotopic (exact) mass is 314 g/mol. The number of rotatable bonds is 5. The summed E-state index contributed by atoms with van der Waals surface area (Å²) < 4.78 is 11.1. The van der Waals surface area contributed by atoms with E-state index in [-0.39, 0.29) is 24.7 Å². The summed E-state index contributed by atoms with van der Waals surface area (Å²) in [6.45, 7) is 12.1. The molecule has 0 radical (unpaired) electrons. The molecule has 0 N–H and O–H groups in total. The maximum absolute atomic E-state index is 12.1. The zero-order valence-corrected chi connectivity index (χ0v) is 14.6. The molecule has 0 bridgehead atoms. The van der Waals surface area contributed by atoms with E-state index in [1.807, 2.05) is 34.6 Å². The Morgan fingerprint density at radius 2 is 1.86 bits per heavy atom. The van der Waals surface area contributed by atoms with Gasteiger partial charge in [0.15, 0.2) is 0 Å². The number of carbonyl (C=O) groups excluding carboxylic acids is 2. The van der Waals surface area contributed by atoms with E-state index in [2.05, 4.69) is 0 Å². The molecule has 1 saturated heterocycles. The lowest BCUT2D eigenvalue weighted by Crippen LogP contribution is -2.46. The van der Waals surface area contributed by atoms with Crippen molar-refractivity contribution < 1.29 is 19.1 Å². The molecule has 1 rings (SSSR count). The van der Waals surface area contributed by atoms with E-state index >= 15 is 0 Å². The first-order valence-corrected chi connectivity index (χ1v) is 8.14. The van der Waals surface area contributed by atoms with Crippen LogP contribution in [0, 0.1) is 0 Å². The van der Waals surface area contributed by atoms with Gasteiger partial charge in [0.25, 0.3) is 0 Å². The number of amides is 2. The summed E-state index contributed by atoms with van der Waals surface area (Å²) in [5.74, 6) is -0.000563. The third-order valence-corrected chi connectivity index (χ3v) is 3.59. The van der Waals surface area contributed by atoms with Crippen LogP contribution in [-0.2, 0) is 14.3 Å². The molecule has 0 aliphatic carbocycles. The van der Waals surface area contributed by atoms with E-state index in [1.54, 1.807) is 9.80 Å². The Labute approximate surface area is 133 Å². The fraction of sp³-hybridized carbons (Fsp3) is 0.875. The molecule has 0 aromatic rings. The Bertz CT molecular complexity index is 375. The molecule has 1 heterocycles. The molecule has 1 atom stereocenters. The van der Waals surface area contributed by atoms with Gasteiger partial charge in [-0.15, -0.1) is 0 Å². The van der Waals surface area contributed by atoms with Gasteiger partial charge in [0.1, 0.15) is 12.2 Å². The van der Waals surface area contributed by atoms with Crippen LogP contribution in [0.2, 0.25) is 0 Å². The summed E-state index contributed by atoms with van der Waals surface area (Å²) in [5.41, 5.74) is -0.496. The third-order valence-electron chi connectivity index (χ3n) is 3.59. The van der Waals surface area contributed by atoms with Gasteiger partial charge in [0, 0.05) is 19.6 Å². The van der Waals surface area contributed by atoms with Crippen molar-refractivity contribution in [3.8, 4) is 0 Å². The zero-order chi connectivity index (χ0) is 16.8. The minimum absolute atomic E-state index is 0.000563. The minimum atomic E-state index is -0.496. The molecular weight excluding hydrogens is 284 g/mol. The summed E-state index contributed by atoms with van der Waals surface area (Å²) in [6.07, 6.45) is 1.32. The number of hydrogen-bond acceptors (Lipinski definition) is 4. The number of carbonyl (C=O) groups is 2. The maximum atomic E-state index is 12.1. The second-order valence-corrected chi connectivity index (χ2v) is 6.57. The van der Waals surface area contributed by atoms with Crippen LogP contribution in [-0.4, -0.2) is 66.3 Å². The highest BCUT2D eigenvalue weighted by Crippen LogP contribution is 2.17. The molecule has 6 nitrogen and oxygen atoms in total. The molecule has 1 fully saturated rings. The zero-order valence-electron chi connectivity index (χ0n) is 14.6. The topological polar surface area (TPSA) is 59.1 Å². The molecule has 128 valence electrons. The predicted octanol–water partition coefficient (Wildman–Crippen LogP) is 2.27. The van der Waals surface area contributed by atoms with Gasteiger partial charge in [-0.25, -0.2) is 4.79 Å². The van der Waals surface area contributed by atoms with Crippen LogP contribution in [0.4, 0.5) is 4.79 Å². The van der Waals surface area contributed by atoms with Gasteiger partial charge in [0.2, 0.25) is 5.91 Å². The van der Waals surface area contributed by atoms with Gasteiger partial charge >= 0.3 is 6.09 Å². The Morgan fingerprint density at radius 1 is 1.23 bits per heavy atom. The number of ether oxygens (including phenoxy) is 2. The number of hydrogen-bond donors (Lipinski definition) is 0. The molecule has 0 spiro atoms. The van der Waals surface area contributed by atoms with E-state index in [0.717, 1.165) is 12.8 Å². The van der Waals surface area contributed by atoms with Gasteiger partial charge in [0.05, 0.1) is 12.6 Å². The van der Waals surface area contributed by atoms with Crippen LogP contribution in [0.15, 0.2) is 0 Å². The van der Waals surface area contributed by atoms with Crippen LogP contribution >= 0.6 is 0 Å². The Morgan fingerprint density at radius 3 is 2.41 bits per heavy atom. The normalized spacial score (nSPS) is 19.0. The average Bonchev–Trinajstić information content (AvgIpc) is 2.45. The van der Waals surface area contributed by atoms with Crippen molar-refractivity contribution in [2.75, 3.05) is 32.8 Å². The van der Waals surface area contributed by atoms with E-state index in [4.69, 9.17) is 9.47 Å². The second kappa shape index (κ2) is 8.36. The third kappa shape index (κ3) is 6.22. The van der Waals surface area contributed by atoms with Gasteiger partial charge in [-0.05, 0) is 47.5 Å². The summed E-state index contributed by atoms with van der Waals surface area (Å²) in [4.78, 5) is 27.4. The van der Waals surface area contributed by atoms with Crippen LogP contribution < -0.4 is 0 Å². The van der Waals surface area contributed by atoms with Gasteiger partial charge in [-0.2, -0.15) is 0 Å². The van der Waals surface area contributed by atoms with Crippen LogP contribution in [0.1, 0.15) is 47.5 Å². The first-order valence-electron chi connectivity index (χ1n) is 8.14. The van der Waals surface area contributed by atoms with Gasteiger partial charge in [-0.3, -0.25) is 4.79 Å². The Balaban J connectivity index is 2.43. The van der Waals surface area contributed by atoms with Crippen molar-refractivity contribution in [3.63, 3.8) is 0 Å². The van der Waals surface area contributed by atoms with Crippen molar-refractivity contribution >= 4 is 12.0 Å². The summed E-state index contributed by atoms with van der Waals surface area (Å²) in [7, 11) is 0. The second-order valence-electron chi connectivity index (χ2n) is 6.57. The number of likely N-dealkylation sites (tertiary alicyclic amines) is 1. The number of piperidine rings is 1. The standard InChI is InChI=1S/C16H30N2O4/c1-6-17(7-2)14(19)12-21-13-9-8-10-18(11-13)15(20)22-16(3,4)5/h13H,6-12H2,1-5H3/t13-/m1/s1. The first-order chi connectivity index (χ1) is 10.3. The SMILES string of the molecule is CCN(CC)C(=O)CO[C@@H]1CCCN(C(=O)OC(C)(C)C)C1. The van der Waals surface area contributed by atoms with E-state index in [0.29, 0.717) is 26.2 Å². The molecular formula is C16H30N2O4. The van der Waals surface area contributed by atoms with E-state index < -0.39 is 5.60 Å². The largest absolute Gasteiger partial charge is 0.444 e. The Kier molecular flexibility index (Phi) is 7.13. The quantitative estimate of drug-likeness (QED) is 0.781. The number of nitrogens with zero attached hydrogens (tertiary/aromatic N) is 2. The minimum Gasteiger partial charge on any atom is -0.444 e. The average molecular weight is 314 g/mol. The van der Waals surface area contributed by atoms with E-state index in [1.165, 1.54) is 0 Å². The molecule has 22 heavy (non-hydrogen) atoms. The molecule has 1 aliphatic rings.